The molecule has 5 nitrogen and oxygen atoms in total. The molecule has 1 aliphatic heterocycles. The summed E-state index contributed by atoms with van der Waals surface area (Å²) in [5, 5.41) is 8.40. The van der Waals surface area contributed by atoms with Crippen molar-refractivity contribution in [3.8, 4) is 11.4 Å². The number of hydrogen-bond acceptors (Lipinski definition) is 3. The molecular formula is C15H12N4O. The van der Waals surface area contributed by atoms with Gasteiger partial charge in [-0.05, 0) is 29.8 Å². The van der Waals surface area contributed by atoms with Crippen molar-refractivity contribution in [2.75, 3.05) is 7.05 Å². The number of fused-ring (bicyclic) bond motifs is 2. The highest BCUT2D eigenvalue weighted by atomic mass is 16.2. The van der Waals surface area contributed by atoms with Crippen LogP contribution in [-0.2, 0) is 6.54 Å². The van der Waals surface area contributed by atoms with Crippen molar-refractivity contribution in [1.82, 2.24) is 19.5 Å². The summed E-state index contributed by atoms with van der Waals surface area (Å²) < 4.78 is 1.95. The van der Waals surface area contributed by atoms with Crippen LogP contribution in [0.25, 0.3) is 17.0 Å². The van der Waals surface area contributed by atoms with E-state index < -0.39 is 0 Å². The molecule has 0 spiro atoms. The van der Waals surface area contributed by atoms with Gasteiger partial charge in [-0.2, -0.15) is 0 Å². The monoisotopic (exact) mass is 264 g/mol. The molecule has 3 aromatic rings. The van der Waals surface area contributed by atoms with Crippen LogP contribution in [0, 0.1) is 0 Å². The van der Waals surface area contributed by atoms with Crippen molar-refractivity contribution in [3.05, 3.63) is 53.7 Å². The molecule has 20 heavy (non-hydrogen) atoms. The lowest BCUT2D eigenvalue weighted by Gasteiger charge is -2.04. The number of carbonyl (C=O) groups is 1. The Morgan fingerprint density at radius 2 is 2.05 bits per heavy atom. The third-order valence-corrected chi connectivity index (χ3v) is 3.66. The lowest BCUT2D eigenvalue weighted by atomic mass is 10.1. The minimum atomic E-state index is 0.0812. The smallest absolute Gasteiger partial charge is 0.254 e. The molecule has 98 valence electrons. The molecular weight excluding hydrogens is 252 g/mol. The Kier molecular flexibility index (Phi) is 2.18. The van der Waals surface area contributed by atoms with Crippen molar-refractivity contribution in [2.24, 2.45) is 0 Å². The molecule has 0 radical (unpaired) electrons. The highest BCUT2D eigenvalue weighted by molar-refractivity contribution is 5.98. The molecule has 5 heteroatoms. The minimum absolute atomic E-state index is 0.0812. The summed E-state index contributed by atoms with van der Waals surface area (Å²) in [7, 11) is 1.81. The number of rotatable bonds is 1. The predicted octanol–water partition coefficient (Wildman–Crippen LogP) is 1.98. The van der Waals surface area contributed by atoms with Gasteiger partial charge in [-0.15, -0.1) is 10.2 Å². The highest BCUT2D eigenvalue weighted by Crippen LogP contribution is 2.27. The van der Waals surface area contributed by atoms with Crippen molar-refractivity contribution >= 4 is 11.6 Å². The maximum Gasteiger partial charge on any atom is 0.254 e. The van der Waals surface area contributed by atoms with Gasteiger partial charge in [0.05, 0.1) is 0 Å². The van der Waals surface area contributed by atoms with E-state index in [-0.39, 0.29) is 5.91 Å². The van der Waals surface area contributed by atoms with Crippen LogP contribution in [0.15, 0.2) is 42.6 Å². The molecule has 1 amide bonds. The SMILES string of the molecule is CN1Cc2cc(-c3nnc4ccccn34)ccc2C1=O. The fraction of sp³-hybridized carbons (Fsp3) is 0.133. The average Bonchev–Trinajstić information content (AvgIpc) is 3.01. The quantitative estimate of drug-likeness (QED) is 0.675. The molecule has 0 saturated carbocycles. The first-order valence-electron chi connectivity index (χ1n) is 6.42. The molecule has 0 saturated heterocycles. The zero-order chi connectivity index (χ0) is 13.7. The van der Waals surface area contributed by atoms with Crippen LogP contribution in [0.4, 0.5) is 0 Å². The summed E-state index contributed by atoms with van der Waals surface area (Å²) in [6.45, 7) is 0.652. The lowest BCUT2D eigenvalue weighted by molar-refractivity contribution is 0.0816. The first-order chi connectivity index (χ1) is 9.74. The summed E-state index contributed by atoms with van der Waals surface area (Å²) in [5.74, 6) is 0.878. The number of nitrogens with zero attached hydrogens (tertiary/aromatic N) is 4. The molecule has 1 aromatic carbocycles. The topological polar surface area (TPSA) is 50.5 Å². The first kappa shape index (κ1) is 11.2. The first-order valence-corrected chi connectivity index (χ1v) is 6.42. The van der Waals surface area contributed by atoms with Crippen molar-refractivity contribution < 1.29 is 4.79 Å². The number of hydrogen-bond donors (Lipinski definition) is 0. The van der Waals surface area contributed by atoms with Crippen LogP contribution < -0.4 is 0 Å². The third-order valence-electron chi connectivity index (χ3n) is 3.66. The Balaban J connectivity index is 1.88. The molecule has 4 rings (SSSR count). The van der Waals surface area contributed by atoms with Crippen molar-refractivity contribution in [2.45, 2.75) is 6.54 Å². The van der Waals surface area contributed by atoms with E-state index in [4.69, 9.17) is 0 Å². The summed E-state index contributed by atoms with van der Waals surface area (Å²) in [5.41, 5.74) is 3.62. The predicted molar refractivity (Wildman–Crippen MR) is 74.2 cm³/mol. The van der Waals surface area contributed by atoms with E-state index in [9.17, 15) is 4.79 Å². The van der Waals surface area contributed by atoms with E-state index in [0.717, 1.165) is 28.2 Å². The Morgan fingerprint density at radius 3 is 2.95 bits per heavy atom. The summed E-state index contributed by atoms with van der Waals surface area (Å²) in [6.07, 6.45) is 1.94. The number of benzene rings is 1. The Hall–Kier alpha value is -2.69. The second-order valence-electron chi connectivity index (χ2n) is 4.99. The lowest BCUT2D eigenvalue weighted by Crippen LogP contribution is -2.17. The van der Waals surface area contributed by atoms with E-state index in [2.05, 4.69) is 10.2 Å². The van der Waals surface area contributed by atoms with Gasteiger partial charge in [-0.1, -0.05) is 12.1 Å². The van der Waals surface area contributed by atoms with Gasteiger partial charge >= 0.3 is 0 Å². The van der Waals surface area contributed by atoms with Crippen LogP contribution in [-0.4, -0.2) is 32.5 Å². The van der Waals surface area contributed by atoms with E-state index >= 15 is 0 Å². The van der Waals surface area contributed by atoms with Crippen molar-refractivity contribution in [3.63, 3.8) is 0 Å². The maximum absolute atomic E-state index is 11.9. The van der Waals surface area contributed by atoms with Gasteiger partial charge < -0.3 is 4.90 Å². The molecule has 0 aliphatic carbocycles. The third kappa shape index (κ3) is 1.46. The zero-order valence-electron chi connectivity index (χ0n) is 10.9. The van der Waals surface area contributed by atoms with Gasteiger partial charge in [0.15, 0.2) is 11.5 Å². The molecule has 0 unspecified atom stereocenters. The standard InChI is InChI=1S/C15H12N4O/c1-18-9-11-8-10(5-6-12(11)15(18)20)14-17-16-13-4-2-3-7-19(13)14/h2-8H,9H2,1H3. The molecule has 1 aliphatic rings. The molecule has 0 N–H and O–H groups in total. The Labute approximate surface area is 115 Å². The largest absolute Gasteiger partial charge is 0.337 e. The number of aromatic nitrogens is 3. The number of carbonyl (C=O) groups excluding carboxylic acids is 1. The molecule has 2 aromatic heterocycles. The van der Waals surface area contributed by atoms with Crippen LogP contribution in [0.1, 0.15) is 15.9 Å². The fourth-order valence-electron chi connectivity index (χ4n) is 2.64. The molecule has 0 fully saturated rings. The van der Waals surface area contributed by atoms with Gasteiger partial charge in [0.1, 0.15) is 0 Å². The molecule has 0 bridgehead atoms. The molecule has 3 heterocycles. The zero-order valence-corrected chi connectivity index (χ0v) is 10.9. The van der Waals surface area contributed by atoms with E-state index in [1.165, 1.54) is 0 Å². The second kappa shape index (κ2) is 3.90. The van der Waals surface area contributed by atoms with Gasteiger partial charge in [-0.3, -0.25) is 9.20 Å². The fourth-order valence-corrected chi connectivity index (χ4v) is 2.64. The van der Waals surface area contributed by atoms with Gasteiger partial charge in [0.2, 0.25) is 0 Å². The maximum atomic E-state index is 11.9. The van der Waals surface area contributed by atoms with Gasteiger partial charge in [-0.25, -0.2) is 0 Å². The van der Waals surface area contributed by atoms with Crippen LogP contribution >= 0.6 is 0 Å². The van der Waals surface area contributed by atoms with Crippen LogP contribution in [0.5, 0.6) is 0 Å². The Morgan fingerprint density at radius 1 is 1.15 bits per heavy atom. The summed E-state index contributed by atoms with van der Waals surface area (Å²) in [6, 6.07) is 11.6. The number of amides is 1. The van der Waals surface area contributed by atoms with Crippen molar-refractivity contribution in [1.29, 1.82) is 0 Å². The van der Waals surface area contributed by atoms with E-state index in [1.807, 2.05) is 54.0 Å². The summed E-state index contributed by atoms with van der Waals surface area (Å²) in [4.78, 5) is 13.6. The minimum Gasteiger partial charge on any atom is -0.337 e. The van der Waals surface area contributed by atoms with Crippen LogP contribution in [0.3, 0.4) is 0 Å². The second-order valence-corrected chi connectivity index (χ2v) is 4.99. The van der Waals surface area contributed by atoms with Gasteiger partial charge in [0.25, 0.3) is 5.91 Å². The van der Waals surface area contributed by atoms with Gasteiger partial charge in [0, 0.05) is 30.9 Å². The van der Waals surface area contributed by atoms with E-state index in [0.29, 0.717) is 6.54 Å². The number of pyridine rings is 1. The highest BCUT2D eigenvalue weighted by Gasteiger charge is 2.24. The summed E-state index contributed by atoms with van der Waals surface area (Å²) >= 11 is 0. The molecule has 0 atom stereocenters. The van der Waals surface area contributed by atoms with Crippen LogP contribution in [0.2, 0.25) is 0 Å². The Bertz CT molecular complexity index is 837. The normalized spacial score (nSPS) is 14.1. The average molecular weight is 264 g/mol. The van der Waals surface area contributed by atoms with E-state index in [1.54, 1.807) is 4.90 Å².